The number of fused-ring (bicyclic) bond motifs is 1. The van der Waals surface area contributed by atoms with Crippen LogP contribution in [0.2, 0.25) is 0 Å². The molecule has 1 aliphatic carbocycles. The molecule has 4 heteroatoms. The first-order valence-electron chi connectivity index (χ1n) is 7.68. The molecule has 0 aliphatic heterocycles. The van der Waals surface area contributed by atoms with Gasteiger partial charge in [-0.1, -0.05) is 18.2 Å². The standard InChI is InChI=1S/C18H18FN3/c19-16-7-3-1-5-13(16)9-10-21-18-15(12-20)11-14-6-2-4-8-17(14)22-18/h1,3,5,7,11H,2,4,6,8-10H2,(H,21,22). The third-order valence-corrected chi connectivity index (χ3v) is 4.07. The Hall–Kier alpha value is -2.41. The van der Waals surface area contributed by atoms with E-state index in [0.29, 0.717) is 29.9 Å². The van der Waals surface area contributed by atoms with Crippen molar-refractivity contribution in [2.24, 2.45) is 0 Å². The number of aromatic nitrogens is 1. The van der Waals surface area contributed by atoms with E-state index in [9.17, 15) is 9.65 Å². The van der Waals surface area contributed by atoms with Crippen molar-refractivity contribution >= 4 is 5.82 Å². The quantitative estimate of drug-likeness (QED) is 0.937. The molecule has 1 aliphatic rings. The summed E-state index contributed by atoms with van der Waals surface area (Å²) in [5, 5.41) is 12.5. The first-order valence-corrected chi connectivity index (χ1v) is 7.68. The van der Waals surface area contributed by atoms with E-state index in [4.69, 9.17) is 0 Å². The van der Waals surface area contributed by atoms with Gasteiger partial charge in [0, 0.05) is 12.2 Å². The summed E-state index contributed by atoms with van der Waals surface area (Å²) in [6.45, 7) is 0.557. The Morgan fingerprint density at radius 1 is 1.23 bits per heavy atom. The molecule has 1 aromatic heterocycles. The van der Waals surface area contributed by atoms with Crippen molar-refractivity contribution in [2.75, 3.05) is 11.9 Å². The number of anilines is 1. The van der Waals surface area contributed by atoms with Crippen LogP contribution in [0.15, 0.2) is 30.3 Å². The lowest BCUT2D eigenvalue weighted by Crippen LogP contribution is -2.13. The third kappa shape index (κ3) is 3.09. The van der Waals surface area contributed by atoms with Crippen LogP contribution in [0, 0.1) is 17.1 Å². The molecule has 0 bridgehead atoms. The number of halogens is 1. The minimum Gasteiger partial charge on any atom is -0.369 e. The largest absolute Gasteiger partial charge is 0.369 e. The van der Waals surface area contributed by atoms with Crippen LogP contribution in [0.4, 0.5) is 10.2 Å². The highest BCUT2D eigenvalue weighted by Gasteiger charge is 2.15. The molecule has 0 spiro atoms. The Morgan fingerprint density at radius 3 is 2.86 bits per heavy atom. The summed E-state index contributed by atoms with van der Waals surface area (Å²) >= 11 is 0. The lowest BCUT2D eigenvalue weighted by Gasteiger charge is -2.17. The zero-order chi connectivity index (χ0) is 15.4. The molecule has 1 aromatic carbocycles. The molecule has 0 fully saturated rings. The zero-order valence-electron chi connectivity index (χ0n) is 12.4. The van der Waals surface area contributed by atoms with Gasteiger partial charge in [0.05, 0.1) is 5.56 Å². The van der Waals surface area contributed by atoms with E-state index in [1.54, 1.807) is 12.1 Å². The van der Waals surface area contributed by atoms with Crippen molar-refractivity contribution in [3.63, 3.8) is 0 Å². The maximum atomic E-state index is 13.6. The Morgan fingerprint density at radius 2 is 2.05 bits per heavy atom. The van der Waals surface area contributed by atoms with Gasteiger partial charge in [-0.2, -0.15) is 5.26 Å². The minimum atomic E-state index is -0.191. The van der Waals surface area contributed by atoms with Crippen molar-refractivity contribution in [1.82, 2.24) is 4.98 Å². The summed E-state index contributed by atoms with van der Waals surface area (Å²) < 4.78 is 13.6. The molecule has 0 saturated carbocycles. The third-order valence-electron chi connectivity index (χ3n) is 4.07. The average Bonchev–Trinajstić information content (AvgIpc) is 2.56. The Bertz CT molecular complexity index is 719. The molecule has 0 atom stereocenters. The van der Waals surface area contributed by atoms with Gasteiger partial charge in [0.2, 0.25) is 0 Å². The number of rotatable bonds is 4. The zero-order valence-corrected chi connectivity index (χ0v) is 12.4. The van der Waals surface area contributed by atoms with Crippen LogP contribution >= 0.6 is 0 Å². The molecular weight excluding hydrogens is 277 g/mol. The van der Waals surface area contributed by atoms with E-state index in [0.717, 1.165) is 25.0 Å². The summed E-state index contributed by atoms with van der Waals surface area (Å²) in [4.78, 5) is 4.61. The molecule has 0 unspecified atom stereocenters. The van der Waals surface area contributed by atoms with E-state index in [2.05, 4.69) is 16.4 Å². The number of nitrogens with one attached hydrogen (secondary N) is 1. The fourth-order valence-electron chi connectivity index (χ4n) is 2.87. The molecule has 0 saturated heterocycles. The highest BCUT2D eigenvalue weighted by atomic mass is 19.1. The number of hydrogen-bond donors (Lipinski definition) is 1. The molecule has 3 rings (SSSR count). The van der Waals surface area contributed by atoms with Crippen molar-refractivity contribution in [1.29, 1.82) is 5.26 Å². The summed E-state index contributed by atoms with van der Waals surface area (Å²) in [6.07, 6.45) is 4.87. The Labute approximate surface area is 129 Å². The van der Waals surface area contributed by atoms with Gasteiger partial charge in [-0.25, -0.2) is 9.37 Å². The summed E-state index contributed by atoms with van der Waals surface area (Å²) in [5.74, 6) is 0.433. The monoisotopic (exact) mass is 295 g/mol. The van der Waals surface area contributed by atoms with Gasteiger partial charge in [0.1, 0.15) is 17.7 Å². The van der Waals surface area contributed by atoms with Crippen molar-refractivity contribution in [3.8, 4) is 6.07 Å². The number of nitrogens with zero attached hydrogens (tertiary/aromatic N) is 2. The Balaban J connectivity index is 1.72. The molecule has 1 N–H and O–H groups in total. The second-order valence-electron chi connectivity index (χ2n) is 5.58. The summed E-state index contributed by atoms with van der Waals surface area (Å²) in [7, 11) is 0. The molecule has 3 nitrogen and oxygen atoms in total. The summed E-state index contributed by atoms with van der Waals surface area (Å²) in [5.41, 5.74) is 3.54. The van der Waals surface area contributed by atoms with E-state index in [1.165, 1.54) is 18.1 Å². The smallest absolute Gasteiger partial charge is 0.144 e. The molecule has 112 valence electrons. The maximum absolute atomic E-state index is 13.6. The van der Waals surface area contributed by atoms with Gasteiger partial charge in [0.25, 0.3) is 0 Å². The lowest BCUT2D eigenvalue weighted by molar-refractivity contribution is 0.610. The molecule has 22 heavy (non-hydrogen) atoms. The van der Waals surface area contributed by atoms with Crippen molar-refractivity contribution in [3.05, 3.63) is 58.5 Å². The molecule has 2 aromatic rings. The van der Waals surface area contributed by atoms with Crippen LogP contribution in [0.1, 0.15) is 35.2 Å². The fraction of sp³-hybridized carbons (Fsp3) is 0.333. The number of nitriles is 1. The van der Waals surface area contributed by atoms with Gasteiger partial charge in [-0.15, -0.1) is 0 Å². The molecular formula is C18H18FN3. The van der Waals surface area contributed by atoms with Crippen LogP contribution in [0.25, 0.3) is 0 Å². The van der Waals surface area contributed by atoms with Crippen LogP contribution in [-0.2, 0) is 19.3 Å². The Kier molecular flexibility index (Phi) is 4.34. The lowest BCUT2D eigenvalue weighted by atomic mass is 9.95. The van der Waals surface area contributed by atoms with Crippen LogP contribution in [-0.4, -0.2) is 11.5 Å². The van der Waals surface area contributed by atoms with Gasteiger partial charge in [0.15, 0.2) is 0 Å². The fourth-order valence-corrected chi connectivity index (χ4v) is 2.87. The molecule has 0 amide bonds. The first-order chi connectivity index (χ1) is 10.8. The van der Waals surface area contributed by atoms with Gasteiger partial charge >= 0.3 is 0 Å². The van der Waals surface area contributed by atoms with Crippen LogP contribution in [0.3, 0.4) is 0 Å². The van der Waals surface area contributed by atoms with E-state index in [-0.39, 0.29) is 5.82 Å². The van der Waals surface area contributed by atoms with Crippen molar-refractivity contribution < 1.29 is 4.39 Å². The second-order valence-corrected chi connectivity index (χ2v) is 5.58. The topological polar surface area (TPSA) is 48.7 Å². The van der Waals surface area contributed by atoms with Gasteiger partial charge < -0.3 is 5.32 Å². The van der Waals surface area contributed by atoms with E-state index in [1.807, 2.05) is 12.1 Å². The maximum Gasteiger partial charge on any atom is 0.144 e. The van der Waals surface area contributed by atoms with Crippen LogP contribution < -0.4 is 5.32 Å². The number of pyridine rings is 1. The predicted molar refractivity (Wildman–Crippen MR) is 84.2 cm³/mol. The van der Waals surface area contributed by atoms with Crippen LogP contribution in [0.5, 0.6) is 0 Å². The first kappa shape index (κ1) is 14.5. The predicted octanol–water partition coefficient (Wildman–Crippen LogP) is 3.63. The van der Waals surface area contributed by atoms with Gasteiger partial charge in [-0.05, 0) is 55.4 Å². The van der Waals surface area contributed by atoms with E-state index < -0.39 is 0 Å². The average molecular weight is 295 g/mol. The molecule has 0 radical (unpaired) electrons. The number of hydrogen-bond acceptors (Lipinski definition) is 3. The highest BCUT2D eigenvalue weighted by molar-refractivity contribution is 5.54. The van der Waals surface area contributed by atoms with Crippen molar-refractivity contribution in [2.45, 2.75) is 32.1 Å². The number of benzene rings is 1. The minimum absolute atomic E-state index is 0.191. The second kappa shape index (κ2) is 6.57. The van der Waals surface area contributed by atoms with Gasteiger partial charge in [-0.3, -0.25) is 0 Å². The normalized spacial score (nSPS) is 13.3. The van der Waals surface area contributed by atoms with E-state index >= 15 is 0 Å². The number of aryl methyl sites for hydroxylation is 2. The highest BCUT2D eigenvalue weighted by Crippen LogP contribution is 2.24. The summed E-state index contributed by atoms with van der Waals surface area (Å²) in [6, 6.07) is 10.9. The SMILES string of the molecule is N#Cc1cc2c(nc1NCCc1ccccc1F)CCCC2. The molecule has 1 heterocycles.